The average Bonchev–Trinajstić information content (AvgIpc) is 3.31. The van der Waals surface area contributed by atoms with Gasteiger partial charge in [-0.3, -0.25) is 4.98 Å². The Balaban J connectivity index is 1.29. The van der Waals surface area contributed by atoms with Gasteiger partial charge in [-0.1, -0.05) is 30.3 Å². The quantitative estimate of drug-likeness (QED) is 0.422. The van der Waals surface area contributed by atoms with Crippen molar-refractivity contribution in [3.8, 4) is 11.6 Å². The number of carbonyl (C=O) groups excluding carboxylic acids is 1. The Bertz CT molecular complexity index is 1260. The number of aromatic nitrogens is 2. The third-order valence-electron chi connectivity index (χ3n) is 7.18. The summed E-state index contributed by atoms with van der Waals surface area (Å²) in [5.41, 5.74) is 3.40. The molecule has 1 fully saturated rings. The SMILES string of the molecule is COc1ccc2ncc3c(c2n1)C(CN1CCCC(CN(Cc2ccccc2)C(=O)OC(C)(C)C)C1)CO3. The van der Waals surface area contributed by atoms with Crippen molar-refractivity contribution in [2.24, 2.45) is 5.92 Å². The van der Waals surface area contributed by atoms with Crippen molar-refractivity contribution in [1.29, 1.82) is 0 Å². The average molecular weight is 519 g/mol. The highest BCUT2D eigenvalue weighted by Gasteiger charge is 2.33. The highest BCUT2D eigenvalue weighted by atomic mass is 16.6. The van der Waals surface area contributed by atoms with Crippen molar-refractivity contribution >= 4 is 17.1 Å². The standard InChI is InChI=1S/C30H38N4O4/c1-30(2,3)38-29(35)34(17-21-9-6-5-7-10-21)18-22-11-8-14-33(16-22)19-23-20-37-25-15-31-24-12-13-26(36-4)32-28(24)27(23)25/h5-7,9-10,12-13,15,22-23H,8,11,14,16-20H2,1-4H3. The van der Waals surface area contributed by atoms with E-state index in [9.17, 15) is 4.79 Å². The Hall–Kier alpha value is -3.39. The van der Waals surface area contributed by atoms with E-state index in [-0.39, 0.29) is 12.0 Å². The van der Waals surface area contributed by atoms with Crippen LogP contribution in [0.1, 0.15) is 50.7 Å². The third-order valence-corrected chi connectivity index (χ3v) is 7.18. The van der Waals surface area contributed by atoms with Crippen LogP contribution >= 0.6 is 0 Å². The van der Waals surface area contributed by atoms with Crippen molar-refractivity contribution in [3.63, 3.8) is 0 Å². The van der Waals surface area contributed by atoms with Gasteiger partial charge in [0.2, 0.25) is 5.88 Å². The highest BCUT2D eigenvalue weighted by Crippen LogP contribution is 2.39. The summed E-state index contributed by atoms with van der Waals surface area (Å²) < 4.78 is 17.2. The second kappa shape index (κ2) is 11.2. The first kappa shape index (κ1) is 26.2. The molecule has 1 saturated heterocycles. The van der Waals surface area contributed by atoms with E-state index in [4.69, 9.17) is 19.2 Å². The number of amides is 1. The summed E-state index contributed by atoms with van der Waals surface area (Å²) in [7, 11) is 1.63. The normalized spacial score (nSPS) is 19.6. The lowest BCUT2D eigenvalue weighted by atomic mass is 9.94. The predicted molar refractivity (Wildman–Crippen MR) is 147 cm³/mol. The first-order valence-electron chi connectivity index (χ1n) is 13.5. The van der Waals surface area contributed by atoms with Gasteiger partial charge in [0.1, 0.15) is 16.9 Å². The fourth-order valence-electron chi connectivity index (χ4n) is 5.52. The molecule has 1 amide bonds. The molecular weight excluding hydrogens is 480 g/mol. The number of benzene rings is 1. The molecule has 8 nitrogen and oxygen atoms in total. The van der Waals surface area contributed by atoms with Crippen LogP contribution in [0.15, 0.2) is 48.7 Å². The molecule has 1 aromatic carbocycles. The van der Waals surface area contributed by atoms with Crippen molar-refractivity contribution in [2.75, 3.05) is 39.9 Å². The molecular formula is C30H38N4O4. The van der Waals surface area contributed by atoms with Crippen molar-refractivity contribution in [2.45, 2.75) is 51.7 Å². The van der Waals surface area contributed by atoms with Gasteiger partial charge in [-0.25, -0.2) is 9.78 Å². The number of methoxy groups -OCH3 is 1. The molecule has 0 radical (unpaired) electrons. The Labute approximate surface area is 224 Å². The summed E-state index contributed by atoms with van der Waals surface area (Å²) in [5.74, 6) is 1.97. The summed E-state index contributed by atoms with van der Waals surface area (Å²) in [6.07, 6.45) is 3.75. The Morgan fingerprint density at radius 2 is 2.00 bits per heavy atom. The number of carbonyl (C=O) groups is 1. The number of ether oxygens (including phenoxy) is 3. The number of hydrogen-bond acceptors (Lipinski definition) is 7. The van der Waals surface area contributed by atoms with Gasteiger partial charge in [-0.15, -0.1) is 0 Å². The summed E-state index contributed by atoms with van der Waals surface area (Å²) >= 11 is 0. The fraction of sp³-hybridized carbons (Fsp3) is 0.500. The van der Waals surface area contributed by atoms with Crippen LogP contribution in [0.3, 0.4) is 0 Å². The largest absolute Gasteiger partial charge is 0.491 e. The molecule has 38 heavy (non-hydrogen) atoms. The lowest BCUT2D eigenvalue weighted by Gasteiger charge is -2.37. The topological polar surface area (TPSA) is 77.0 Å². The van der Waals surface area contributed by atoms with Crippen LogP contribution in [0.4, 0.5) is 4.79 Å². The van der Waals surface area contributed by atoms with E-state index in [0.29, 0.717) is 31.5 Å². The zero-order valence-electron chi connectivity index (χ0n) is 22.9. The van der Waals surface area contributed by atoms with Crippen LogP contribution in [0.5, 0.6) is 11.6 Å². The summed E-state index contributed by atoms with van der Waals surface area (Å²) in [5, 5.41) is 0. The summed E-state index contributed by atoms with van der Waals surface area (Å²) in [4.78, 5) is 26.8. The molecule has 2 aromatic heterocycles. The van der Waals surface area contributed by atoms with Gasteiger partial charge < -0.3 is 24.0 Å². The Morgan fingerprint density at radius 3 is 2.76 bits per heavy atom. The predicted octanol–water partition coefficient (Wildman–Crippen LogP) is 5.26. The lowest BCUT2D eigenvalue weighted by Crippen LogP contribution is -2.45. The molecule has 2 unspecified atom stereocenters. The monoisotopic (exact) mass is 518 g/mol. The van der Waals surface area contributed by atoms with Crippen LogP contribution in [0, 0.1) is 5.92 Å². The number of likely N-dealkylation sites (tertiary alicyclic amines) is 1. The highest BCUT2D eigenvalue weighted by molar-refractivity contribution is 5.81. The van der Waals surface area contributed by atoms with Gasteiger partial charge in [-0.2, -0.15) is 0 Å². The van der Waals surface area contributed by atoms with Gasteiger partial charge in [0.05, 0.1) is 25.4 Å². The van der Waals surface area contributed by atoms with E-state index in [1.54, 1.807) is 7.11 Å². The fourth-order valence-corrected chi connectivity index (χ4v) is 5.52. The van der Waals surface area contributed by atoms with E-state index in [0.717, 1.165) is 60.4 Å². The number of pyridine rings is 2. The summed E-state index contributed by atoms with van der Waals surface area (Å²) in [6.45, 7) is 10.4. The Kier molecular flexibility index (Phi) is 7.70. The van der Waals surface area contributed by atoms with Crippen molar-refractivity contribution in [1.82, 2.24) is 19.8 Å². The Morgan fingerprint density at radius 1 is 1.18 bits per heavy atom. The molecule has 0 N–H and O–H groups in total. The maximum absolute atomic E-state index is 13.2. The number of hydrogen-bond donors (Lipinski definition) is 0. The van der Waals surface area contributed by atoms with Crippen LogP contribution < -0.4 is 9.47 Å². The minimum absolute atomic E-state index is 0.208. The molecule has 8 heteroatoms. The zero-order chi connectivity index (χ0) is 26.7. The molecule has 0 spiro atoms. The zero-order valence-corrected chi connectivity index (χ0v) is 22.9. The second-order valence-electron chi connectivity index (χ2n) is 11.4. The van der Waals surface area contributed by atoms with Crippen LogP contribution in [0.25, 0.3) is 11.0 Å². The number of fused-ring (bicyclic) bond motifs is 3. The molecule has 0 bridgehead atoms. The summed E-state index contributed by atoms with van der Waals surface area (Å²) in [6, 6.07) is 13.9. The molecule has 3 aromatic rings. The second-order valence-corrected chi connectivity index (χ2v) is 11.4. The molecule has 2 aliphatic heterocycles. The van der Waals surface area contributed by atoms with Crippen LogP contribution in [-0.2, 0) is 11.3 Å². The minimum Gasteiger partial charge on any atom is -0.491 e. The van der Waals surface area contributed by atoms with Gasteiger partial charge in [0.15, 0.2) is 0 Å². The van der Waals surface area contributed by atoms with E-state index in [1.165, 1.54) is 0 Å². The third kappa shape index (κ3) is 6.18. The van der Waals surface area contributed by atoms with Gasteiger partial charge in [0.25, 0.3) is 0 Å². The molecule has 202 valence electrons. The smallest absolute Gasteiger partial charge is 0.410 e. The van der Waals surface area contributed by atoms with E-state index >= 15 is 0 Å². The van der Waals surface area contributed by atoms with Gasteiger partial charge in [-0.05, 0) is 57.7 Å². The maximum atomic E-state index is 13.2. The van der Waals surface area contributed by atoms with Gasteiger partial charge >= 0.3 is 6.09 Å². The molecule has 0 aliphatic carbocycles. The van der Waals surface area contributed by atoms with Crippen LogP contribution in [0.2, 0.25) is 0 Å². The molecule has 0 saturated carbocycles. The molecule has 5 rings (SSSR count). The van der Waals surface area contributed by atoms with E-state index < -0.39 is 5.60 Å². The van der Waals surface area contributed by atoms with Crippen molar-refractivity contribution < 1.29 is 19.0 Å². The molecule has 2 aliphatic rings. The van der Waals surface area contributed by atoms with Gasteiger partial charge in [0, 0.05) is 43.7 Å². The lowest BCUT2D eigenvalue weighted by molar-refractivity contribution is 0.0166. The molecule has 2 atom stereocenters. The number of rotatable bonds is 7. The van der Waals surface area contributed by atoms with Crippen LogP contribution in [-0.4, -0.2) is 71.4 Å². The first-order valence-corrected chi connectivity index (χ1v) is 13.5. The van der Waals surface area contributed by atoms with E-state index in [2.05, 4.69) is 22.0 Å². The number of nitrogens with zero attached hydrogens (tertiary/aromatic N) is 4. The van der Waals surface area contributed by atoms with Crippen molar-refractivity contribution in [3.05, 3.63) is 59.8 Å². The van der Waals surface area contributed by atoms with E-state index in [1.807, 2.05) is 62.2 Å². The minimum atomic E-state index is -0.533. The molecule has 4 heterocycles. The number of piperidine rings is 1. The first-order chi connectivity index (χ1) is 18.3. The maximum Gasteiger partial charge on any atom is 0.410 e.